The van der Waals surface area contributed by atoms with Crippen molar-refractivity contribution in [2.75, 3.05) is 5.73 Å². The number of azo groups is 1. The highest BCUT2D eigenvalue weighted by Crippen LogP contribution is 2.36. The zero-order valence-corrected chi connectivity index (χ0v) is 13.7. The van der Waals surface area contributed by atoms with E-state index < -0.39 is 10.1 Å². The second-order valence-corrected chi connectivity index (χ2v) is 6.75. The van der Waals surface area contributed by atoms with Gasteiger partial charge in [0.2, 0.25) is 0 Å². The molecule has 0 aromatic heterocycles. The number of nitrogen functional groups attached to an aromatic ring is 1. The Labute approximate surface area is 139 Å². The third-order valence-electron chi connectivity index (χ3n) is 3.61. The van der Waals surface area contributed by atoms with E-state index in [1.807, 2.05) is 19.1 Å². The van der Waals surface area contributed by atoms with Crippen molar-refractivity contribution in [1.29, 1.82) is 0 Å². The van der Waals surface area contributed by atoms with Crippen LogP contribution in [0.2, 0.25) is 0 Å². The highest BCUT2D eigenvalue weighted by atomic mass is 32.2. The van der Waals surface area contributed by atoms with E-state index in [1.165, 1.54) is 6.07 Å². The molecule has 24 heavy (non-hydrogen) atoms. The Bertz CT molecular complexity index is 1040. The SMILES string of the molecule is Cc1ccc(/N=N/c2cc(S(=O)(=O)O)c3ccccc3c2N)cc1. The average Bonchev–Trinajstić information content (AvgIpc) is 2.55. The first-order chi connectivity index (χ1) is 11.4. The summed E-state index contributed by atoms with van der Waals surface area (Å²) >= 11 is 0. The number of hydrogen-bond acceptors (Lipinski definition) is 5. The van der Waals surface area contributed by atoms with Crippen molar-refractivity contribution in [2.45, 2.75) is 11.8 Å². The summed E-state index contributed by atoms with van der Waals surface area (Å²) in [5.74, 6) is 0. The first kappa shape index (κ1) is 16.1. The number of aryl methyl sites for hydroxylation is 1. The summed E-state index contributed by atoms with van der Waals surface area (Å²) in [6, 6.07) is 15.2. The topological polar surface area (TPSA) is 105 Å². The minimum absolute atomic E-state index is 0.182. The van der Waals surface area contributed by atoms with E-state index in [0.717, 1.165) is 5.56 Å². The smallest absolute Gasteiger partial charge is 0.295 e. The Kier molecular flexibility index (Phi) is 4.04. The summed E-state index contributed by atoms with van der Waals surface area (Å²) in [5, 5.41) is 8.96. The van der Waals surface area contributed by atoms with Crippen molar-refractivity contribution in [3.63, 3.8) is 0 Å². The standard InChI is InChI=1S/C17H15N3O3S/c1-11-6-8-12(9-7-11)19-20-15-10-16(24(21,22)23)13-4-2-3-5-14(13)17(15)18/h2-10H,18H2,1H3,(H,21,22,23)/b20-19+. The van der Waals surface area contributed by atoms with Gasteiger partial charge in [-0.2, -0.15) is 13.5 Å². The molecule has 0 aliphatic rings. The maximum Gasteiger partial charge on any atom is 0.295 e. The quantitative estimate of drug-likeness (QED) is 0.418. The van der Waals surface area contributed by atoms with E-state index in [2.05, 4.69) is 10.2 Å². The molecule has 0 heterocycles. The lowest BCUT2D eigenvalue weighted by Gasteiger charge is -2.09. The van der Waals surface area contributed by atoms with E-state index in [9.17, 15) is 13.0 Å². The van der Waals surface area contributed by atoms with Gasteiger partial charge in [-0.05, 0) is 25.1 Å². The average molecular weight is 341 g/mol. The summed E-state index contributed by atoms with van der Waals surface area (Å²) < 4.78 is 32.8. The van der Waals surface area contributed by atoms with Gasteiger partial charge in [0.05, 0.1) is 11.4 Å². The van der Waals surface area contributed by atoms with Crippen LogP contribution in [0, 0.1) is 6.92 Å². The molecule has 0 aliphatic heterocycles. The van der Waals surface area contributed by atoms with Crippen molar-refractivity contribution in [2.24, 2.45) is 10.2 Å². The monoisotopic (exact) mass is 341 g/mol. The van der Waals surface area contributed by atoms with Gasteiger partial charge in [0.1, 0.15) is 10.6 Å². The van der Waals surface area contributed by atoms with Gasteiger partial charge in [0.15, 0.2) is 0 Å². The Morgan fingerprint density at radius 1 is 0.958 bits per heavy atom. The van der Waals surface area contributed by atoms with Crippen LogP contribution in [0.15, 0.2) is 69.7 Å². The van der Waals surface area contributed by atoms with Crippen LogP contribution in [-0.4, -0.2) is 13.0 Å². The molecule has 3 aromatic carbocycles. The lowest BCUT2D eigenvalue weighted by molar-refractivity contribution is 0.484. The highest BCUT2D eigenvalue weighted by molar-refractivity contribution is 7.86. The number of benzene rings is 3. The van der Waals surface area contributed by atoms with Crippen LogP contribution in [0.3, 0.4) is 0 Å². The second kappa shape index (κ2) is 6.03. The molecule has 122 valence electrons. The zero-order valence-electron chi connectivity index (χ0n) is 12.8. The van der Waals surface area contributed by atoms with Gasteiger partial charge in [0.25, 0.3) is 10.1 Å². The third kappa shape index (κ3) is 3.12. The maximum absolute atomic E-state index is 11.7. The van der Waals surface area contributed by atoms with Crippen LogP contribution in [0.4, 0.5) is 17.1 Å². The number of nitrogens with zero attached hydrogens (tertiary/aromatic N) is 2. The molecule has 0 aliphatic carbocycles. The van der Waals surface area contributed by atoms with Gasteiger partial charge < -0.3 is 5.73 Å². The fourth-order valence-electron chi connectivity index (χ4n) is 2.37. The molecular formula is C17H15N3O3S. The molecular weight excluding hydrogens is 326 g/mol. The van der Waals surface area contributed by atoms with Crippen LogP contribution >= 0.6 is 0 Å². The molecule has 3 N–H and O–H groups in total. The molecule has 0 amide bonds. The molecule has 0 radical (unpaired) electrons. The maximum atomic E-state index is 11.7. The van der Waals surface area contributed by atoms with Crippen LogP contribution in [0.5, 0.6) is 0 Å². The van der Waals surface area contributed by atoms with Gasteiger partial charge in [-0.3, -0.25) is 4.55 Å². The van der Waals surface area contributed by atoms with Crippen molar-refractivity contribution in [3.8, 4) is 0 Å². The molecule has 0 saturated carbocycles. The molecule has 3 rings (SSSR count). The molecule has 0 spiro atoms. The molecule has 6 nitrogen and oxygen atoms in total. The number of hydrogen-bond donors (Lipinski definition) is 2. The fourth-order valence-corrected chi connectivity index (χ4v) is 3.09. The van der Waals surface area contributed by atoms with Gasteiger partial charge >= 0.3 is 0 Å². The second-order valence-electron chi connectivity index (χ2n) is 5.36. The Hall–Kier alpha value is -2.77. The van der Waals surface area contributed by atoms with E-state index in [-0.39, 0.29) is 10.6 Å². The van der Waals surface area contributed by atoms with E-state index >= 15 is 0 Å². The number of rotatable bonds is 3. The van der Waals surface area contributed by atoms with Crippen LogP contribution in [0.25, 0.3) is 10.8 Å². The molecule has 0 atom stereocenters. The zero-order chi connectivity index (χ0) is 17.3. The van der Waals surface area contributed by atoms with E-state index in [4.69, 9.17) is 5.73 Å². The van der Waals surface area contributed by atoms with Crippen LogP contribution in [0.1, 0.15) is 5.56 Å². The summed E-state index contributed by atoms with van der Waals surface area (Å²) in [7, 11) is -4.41. The first-order valence-corrected chi connectivity index (χ1v) is 8.57. The number of anilines is 1. The van der Waals surface area contributed by atoms with Crippen molar-refractivity contribution >= 4 is 38.0 Å². The largest absolute Gasteiger partial charge is 0.396 e. The number of fused-ring (bicyclic) bond motifs is 1. The van der Waals surface area contributed by atoms with Gasteiger partial charge in [0, 0.05) is 10.8 Å². The Balaban J connectivity index is 2.18. The summed E-state index contributed by atoms with van der Waals surface area (Å²) in [4.78, 5) is -0.245. The molecule has 3 aromatic rings. The predicted molar refractivity (Wildman–Crippen MR) is 93.5 cm³/mol. The molecule has 0 unspecified atom stereocenters. The summed E-state index contributed by atoms with van der Waals surface area (Å²) in [5.41, 5.74) is 8.27. The minimum Gasteiger partial charge on any atom is -0.396 e. The van der Waals surface area contributed by atoms with Crippen molar-refractivity contribution in [3.05, 3.63) is 60.2 Å². The molecule has 0 saturated heterocycles. The number of nitrogens with two attached hydrogens (primary N) is 1. The summed E-state index contributed by atoms with van der Waals surface area (Å²) in [6.07, 6.45) is 0. The van der Waals surface area contributed by atoms with Crippen molar-refractivity contribution in [1.82, 2.24) is 0 Å². The van der Waals surface area contributed by atoms with Crippen LogP contribution in [-0.2, 0) is 10.1 Å². The Morgan fingerprint density at radius 3 is 2.21 bits per heavy atom. The first-order valence-electron chi connectivity index (χ1n) is 7.13. The van der Waals surface area contributed by atoms with Gasteiger partial charge in [-0.15, -0.1) is 5.11 Å². The lowest BCUT2D eigenvalue weighted by atomic mass is 10.1. The van der Waals surface area contributed by atoms with E-state index in [1.54, 1.807) is 36.4 Å². The minimum atomic E-state index is -4.41. The normalized spacial score (nSPS) is 12.1. The van der Waals surface area contributed by atoms with E-state index in [0.29, 0.717) is 22.1 Å². The fraction of sp³-hybridized carbons (Fsp3) is 0.0588. The molecule has 0 fully saturated rings. The molecule has 0 bridgehead atoms. The Morgan fingerprint density at radius 2 is 1.58 bits per heavy atom. The third-order valence-corrected chi connectivity index (χ3v) is 4.51. The molecule has 7 heteroatoms. The lowest BCUT2D eigenvalue weighted by Crippen LogP contribution is -2.01. The van der Waals surface area contributed by atoms with Crippen molar-refractivity contribution < 1.29 is 13.0 Å². The highest BCUT2D eigenvalue weighted by Gasteiger charge is 2.18. The van der Waals surface area contributed by atoms with Gasteiger partial charge in [-0.25, -0.2) is 0 Å². The van der Waals surface area contributed by atoms with Crippen LogP contribution < -0.4 is 5.73 Å². The predicted octanol–water partition coefficient (Wildman–Crippen LogP) is 4.39. The summed E-state index contributed by atoms with van der Waals surface area (Å²) in [6.45, 7) is 1.96. The van der Waals surface area contributed by atoms with Gasteiger partial charge in [-0.1, -0.05) is 42.0 Å².